The third-order valence-electron chi connectivity index (χ3n) is 2.75. The Morgan fingerprint density at radius 1 is 1.37 bits per heavy atom. The van der Waals surface area contributed by atoms with Gasteiger partial charge in [-0.15, -0.1) is 0 Å². The second kappa shape index (κ2) is 6.98. The first-order valence-corrected chi connectivity index (χ1v) is 7.33. The largest absolute Gasteiger partial charge is 0.305 e. The van der Waals surface area contributed by atoms with Gasteiger partial charge in [-0.3, -0.25) is 9.97 Å². The van der Waals surface area contributed by atoms with Crippen LogP contribution < -0.4 is 5.32 Å². The van der Waals surface area contributed by atoms with Crippen molar-refractivity contribution in [1.82, 2.24) is 15.3 Å². The fourth-order valence-electron chi connectivity index (χ4n) is 1.86. The number of nitrogens with one attached hydrogen (secondary N) is 1. The van der Waals surface area contributed by atoms with Crippen LogP contribution in [0.5, 0.6) is 0 Å². The van der Waals surface area contributed by atoms with E-state index in [1.807, 2.05) is 18.2 Å². The number of halogens is 2. The molecule has 5 heteroatoms. The minimum Gasteiger partial charge on any atom is -0.305 e. The van der Waals surface area contributed by atoms with Gasteiger partial charge in [0.1, 0.15) is 0 Å². The Balaban J connectivity index is 2.40. The molecule has 0 saturated carbocycles. The lowest BCUT2D eigenvalue weighted by Crippen LogP contribution is -2.24. The van der Waals surface area contributed by atoms with Gasteiger partial charge in [0, 0.05) is 21.9 Å². The van der Waals surface area contributed by atoms with Gasteiger partial charge >= 0.3 is 0 Å². The van der Waals surface area contributed by atoms with Gasteiger partial charge in [0.25, 0.3) is 0 Å². The van der Waals surface area contributed by atoms with Crippen molar-refractivity contribution < 1.29 is 0 Å². The third kappa shape index (κ3) is 3.75. The zero-order chi connectivity index (χ0) is 13.7. The molecule has 1 aromatic heterocycles. The van der Waals surface area contributed by atoms with Gasteiger partial charge in [-0.2, -0.15) is 0 Å². The fraction of sp³-hybridized carbons (Fsp3) is 0.286. The Labute approximate surface area is 126 Å². The van der Waals surface area contributed by atoms with Gasteiger partial charge in [-0.05, 0) is 36.7 Å². The average molecular weight is 341 g/mol. The van der Waals surface area contributed by atoms with Crippen molar-refractivity contribution in [3.05, 3.63) is 57.5 Å². The first kappa shape index (κ1) is 14.4. The molecule has 1 unspecified atom stereocenters. The molecule has 0 aliphatic rings. The van der Waals surface area contributed by atoms with E-state index >= 15 is 0 Å². The Morgan fingerprint density at radius 3 is 2.89 bits per heavy atom. The summed E-state index contributed by atoms with van der Waals surface area (Å²) in [5.74, 6) is 0. The summed E-state index contributed by atoms with van der Waals surface area (Å²) in [6, 6.07) is 5.76. The van der Waals surface area contributed by atoms with Crippen molar-refractivity contribution in [2.75, 3.05) is 6.54 Å². The lowest BCUT2D eigenvalue weighted by molar-refractivity contribution is 0.582. The highest BCUT2D eigenvalue weighted by Crippen LogP contribution is 2.29. The van der Waals surface area contributed by atoms with Crippen molar-refractivity contribution in [2.24, 2.45) is 0 Å². The predicted molar refractivity (Wildman–Crippen MR) is 81.3 cm³/mol. The van der Waals surface area contributed by atoms with Gasteiger partial charge in [0.15, 0.2) is 0 Å². The van der Waals surface area contributed by atoms with E-state index in [1.54, 1.807) is 18.6 Å². The summed E-state index contributed by atoms with van der Waals surface area (Å²) >= 11 is 9.67. The van der Waals surface area contributed by atoms with E-state index < -0.39 is 0 Å². The maximum Gasteiger partial charge on any atom is 0.0801 e. The first-order valence-electron chi connectivity index (χ1n) is 6.16. The highest BCUT2D eigenvalue weighted by Gasteiger charge is 2.17. The van der Waals surface area contributed by atoms with Crippen molar-refractivity contribution >= 4 is 27.5 Å². The Morgan fingerprint density at radius 2 is 2.21 bits per heavy atom. The molecule has 3 nitrogen and oxygen atoms in total. The molecule has 2 aromatic rings. The van der Waals surface area contributed by atoms with E-state index in [2.05, 4.69) is 38.1 Å². The quantitative estimate of drug-likeness (QED) is 0.894. The Bertz CT molecular complexity index is 533. The van der Waals surface area contributed by atoms with Crippen LogP contribution in [0.2, 0.25) is 5.02 Å². The summed E-state index contributed by atoms with van der Waals surface area (Å²) < 4.78 is 1.01. The van der Waals surface area contributed by atoms with Crippen LogP contribution in [0.3, 0.4) is 0 Å². The topological polar surface area (TPSA) is 37.8 Å². The molecule has 0 spiro atoms. The zero-order valence-corrected chi connectivity index (χ0v) is 12.9. The number of aromatic nitrogens is 2. The zero-order valence-electron chi connectivity index (χ0n) is 10.6. The second-order valence-corrected chi connectivity index (χ2v) is 5.47. The van der Waals surface area contributed by atoms with Crippen molar-refractivity contribution in [3.8, 4) is 0 Å². The summed E-state index contributed by atoms with van der Waals surface area (Å²) in [5.41, 5.74) is 1.96. The average Bonchev–Trinajstić information content (AvgIpc) is 2.44. The van der Waals surface area contributed by atoms with Crippen LogP contribution in [-0.2, 0) is 0 Å². The molecule has 0 fully saturated rings. The van der Waals surface area contributed by atoms with Crippen molar-refractivity contribution in [3.63, 3.8) is 0 Å². The summed E-state index contributed by atoms with van der Waals surface area (Å²) in [7, 11) is 0. The van der Waals surface area contributed by atoms with Crippen molar-refractivity contribution in [1.29, 1.82) is 0 Å². The van der Waals surface area contributed by atoms with E-state index in [1.165, 1.54) is 0 Å². The van der Waals surface area contributed by atoms with Crippen LogP contribution in [-0.4, -0.2) is 16.5 Å². The van der Waals surface area contributed by atoms with Gasteiger partial charge in [0.05, 0.1) is 17.9 Å². The second-order valence-electron chi connectivity index (χ2n) is 4.18. The molecule has 1 N–H and O–H groups in total. The standard InChI is InChI=1S/C14H15BrClN3/c1-2-5-19-14(13-9-17-6-7-18-13)11-8-10(16)3-4-12(11)15/h3-4,6-9,14,19H,2,5H2,1H3. The summed E-state index contributed by atoms with van der Waals surface area (Å²) in [6.07, 6.45) is 6.21. The minimum atomic E-state index is -0.0123. The van der Waals surface area contributed by atoms with Gasteiger partial charge in [-0.25, -0.2) is 0 Å². The molecule has 100 valence electrons. The molecule has 1 heterocycles. The molecule has 1 aromatic carbocycles. The molecule has 0 bridgehead atoms. The Hall–Kier alpha value is -0.970. The number of nitrogens with zero attached hydrogens (tertiary/aromatic N) is 2. The summed E-state index contributed by atoms with van der Waals surface area (Å²) in [6.45, 7) is 3.04. The molecule has 0 aliphatic heterocycles. The number of benzene rings is 1. The van der Waals surface area contributed by atoms with Crippen molar-refractivity contribution in [2.45, 2.75) is 19.4 Å². The van der Waals surface area contributed by atoms with Gasteiger partial charge < -0.3 is 5.32 Å². The lowest BCUT2D eigenvalue weighted by atomic mass is 10.0. The van der Waals surface area contributed by atoms with Crippen LogP contribution in [0, 0.1) is 0 Å². The normalized spacial score (nSPS) is 12.4. The monoisotopic (exact) mass is 339 g/mol. The van der Waals surface area contributed by atoms with Crippen LogP contribution >= 0.6 is 27.5 Å². The number of hydrogen-bond donors (Lipinski definition) is 1. The maximum absolute atomic E-state index is 6.10. The Kier molecular flexibility index (Phi) is 5.31. The van der Waals surface area contributed by atoms with Crippen LogP contribution in [0.1, 0.15) is 30.6 Å². The van der Waals surface area contributed by atoms with E-state index in [0.29, 0.717) is 5.02 Å². The molecule has 0 radical (unpaired) electrons. The number of rotatable bonds is 5. The maximum atomic E-state index is 6.10. The highest BCUT2D eigenvalue weighted by molar-refractivity contribution is 9.10. The first-order chi connectivity index (χ1) is 9.22. The fourth-order valence-corrected chi connectivity index (χ4v) is 2.51. The van der Waals surface area contributed by atoms with E-state index in [-0.39, 0.29) is 6.04 Å². The van der Waals surface area contributed by atoms with Gasteiger partial charge in [-0.1, -0.05) is 34.5 Å². The molecule has 1 atom stereocenters. The summed E-state index contributed by atoms with van der Waals surface area (Å²) in [4.78, 5) is 8.53. The van der Waals surface area contributed by atoms with Crippen LogP contribution in [0.4, 0.5) is 0 Å². The van der Waals surface area contributed by atoms with E-state index in [0.717, 1.165) is 28.7 Å². The molecule has 2 rings (SSSR count). The molecular weight excluding hydrogens is 326 g/mol. The summed E-state index contributed by atoms with van der Waals surface area (Å²) in [5, 5.41) is 4.19. The van der Waals surface area contributed by atoms with E-state index in [4.69, 9.17) is 11.6 Å². The van der Waals surface area contributed by atoms with Crippen LogP contribution in [0.15, 0.2) is 41.3 Å². The smallest absolute Gasteiger partial charge is 0.0801 e. The lowest BCUT2D eigenvalue weighted by Gasteiger charge is -2.19. The minimum absolute atomic E-state index is 0.0123. The highest BCUT2D eigenvalue weighted by atomic mass is 79.9. The molecule has 0 aliphatic carbocycles. The van der Waals surface area contributed by atoms with Gasteiger partial charge in [0.2, 0.25) is 0 Å². The third-order valence-corrected chi connectivity index (χ3v) is 3.70. The predicted octanol–water partition coefficient (Wildman–Crippen LogP) is 3.98. The molecule has 0 amide bonds. The number of hydrogen-bond acceptors (Lipinski definition) is 3. The molecule has 0 saturated heterocycles. The van der Waals surface area contributed by atoms with Crippen LogP contribution in [0.25, 0.3) is 0 Å². The SMILES string of the molecule is CCCNC(c1cnccn1)c1cc(Cl)ccc1Br. The molecule has 19 heavy (non-hydrogen) atoms. The van der Waals surface area contributed by atoms with E-state index in [9.17, 15) is 0 Å². The molecular formula is C14H15BrClN3.